The van der Waals surface area contributed by atoms with Crippen LogP contribution >= 0.6 is 0 Å². The van der Waals surface area contributed by atoms with E-state index in [0.29, 0.717) is 0 Å². The van der Waals surface area contributed by atoms with Crippen molar-refractivity contribution in [1.29, 1.82) is 0 Å². The molecule has 5 heteroatoms. The van der Waals surface area contributed by atoms with Crippen molar-refractivity contribution >= 4 is 5.91 Å². The average molecular weight is 230 g/mol. The molecule has 0 bridgehead atoms. The second-order valence-electron chi connectivity index (χ2n) is 3.70. The summed E-state index contributed by atoms with van der Waals surface area (Å²) in [4.78, 5) is 16.0. The fourth-order valence-corrected chi connectivity index (χ4v) is 1.81. The molecule has 0 spiro atoms. The number of imidazole rings is 1. The van der Waals surface area contributed by atoms with Crippen LogP contribution in [0.25, 0.3) is 0 Å². The van der Waals surface area contributed by atoms with Crippen LogP contribution in [-0.2, 0) is 4.79 Å². The molecule has 0 radical (unpaired) electrons. The largest absolute Gasteiger partial charge is 0.318 e. The molecule has 0 fully saturated rings. The van der Waals surface area contributed by atoms with Crippen molar-refractivity contribution in [2.75, 3.05) is 0 Å². The maximum Gasteiger partial charge on any atom is 0.261 e. The molecule has 1 atom stereocenters. The molecular weight excluding hydrogens is 216 g/mol. The Bertz CT molecular complexity index is 506. The van der Waals surface area contributed by atoms with Gasteiger partial charge in [-0.2, -0.15) is 0 Å². The van der Waals surface area contributed by atoms with Gasteiger partial charge in [0.1, 0.15) is 11.9 Å². The molecule has 0 saturated heterocycles. The lowest BCUT2D eigenvalue weighted by Crippen LogP contribution is -2.37. The normalized spacial score (nSPS) is 12.1. The highest BCUT2D eigenvalue weighted by Crippen LogP contribution is 2.19. The SMILES string of the molecule is Cc1nccn1C(C(=O)NN)c1ccccc1. The fourth-order valence-electron chi connectivity index (χ4n) is 1.81. The summed E-state index contributed by atoms with van der Waals surface area (Å²) in [6, 6.07) is 8.97. The summed E-state index contributed by atoms with van der Waals surface area (Å²) in [5.41, 5.74) is 3.06. The van der Waals surface area contributed by atoms with E-state index in [4.69, 9.17) is 5.84 Å². The van der Waals surface area contributed by atoms with Gasteiger partial charge >= 0.3 is 0 Å². The zero-order valence-corrected chi connectivity index (χ0v) is 9.50. The molecule has 2 aromatic rings. The van der Waals surface area contributed by atoms with Crippen LogP contribution < -0.4 is 11.3 Å². The molecular formula is C12H14N4O. The maximum atomic E-state index is 11.9. The first-order valence-electron chi connectivity index (χ1n) is 5.29. The Hall–Kier alpha value is -2.14. The lowest BCUT2D eigenvalue weighted by Gasteiger charge is -2.18. The van der Waals surface area contributed by atoms with E-state index >= 15 is 0 Å². The molecule has 5 nitrogen and oxygen atoms in total. The second kappa shape index (κ2) is 4.80. The minimum Gasteiger partial charge on any atom is -0.318 e. The van der Waals surface area contributed by atoms with E-state index < -0.39 is 6.04 Å². The van der Waals surface area contributed by atoms with Crippen molar-refractivity contribution in [3.05, 3.63) is 54.1 Å². The number of hydrogen-bond donors (Lipinski definition) is 2. The highest BCUT2D eigenvalue weighted by molar-refractivity contribution is 5.83. The molecule has 1 heterocycles. The lowest BCUT2D eigenvalue weighted by atomic mass is 10.1. The highest BCUT2D eigenvalue weighted by Gasteiger charge is 2.22. The van der Waals surface area contributed by atoms with Crippen LogP contribution in [0, 0.1) is 6.92 Å². The van der Waals surface area contributed by atoms with E-state index in [2.05, 4.69) is 10.4 Å². The number of aryl methyl sites for hydroxylation is 1. The van der Waals surface area contributed by atoms with Gasteiger partial charge in [-0.25, -0.2) is 10.8 Å². The third kappa shape index (κ3) is 2.19. The molecule has 1 aromatic carbocycles. The van der Waals surface area contributed by atoms with E-state index in [1.54, 1.807) is 17.0 Å². The Kier molecular flexibility index (Phi) is 3.20. The second-order valence-corrected chi connectivity index (χ2v) is 3.70. The number of aromatic nitrogens is 2. The minimum atomic E-state index is -0.483. The molecule has 0 aliphatic rings. The number of carbonyl (C=O) groups excluding carboxylic acids is 1. The van der Waals surface area contributed by atoms with Gasteiger partial charge in [0.15, 0.2) is 0 Å². The summed E-state index contributed by atoms with van der Waals surface area (Å²) < 4.78 is 1.79. The van der Waals surface area contributed by atoms with Gasteiger partial charge in [-0.05, 0) is 12.5 Å². The first-order chi connectivity index (χ1) is 8.24. The van der Waals surface area contributed by atoms with Gasteiger partial charge in [-0.15, -0.1) is 0 Å². The molecule has 1 unspecified atom stereocenters. The zero-order valence-electron chi connectivity index (χ0n) is 9.50. The highest BCUT2D eigenvalue weighted by atomic mass is 16.2. The monoisotopic (exact) mass is 230 g/mol. The number of hydrogen-bond acceptors (Lipinski definition) is 3. The molecule has 1 amide bonds. The summed E-state index contributed by atoms with van der Waals surface area (Å²) >= 11 is 0. The van der Waals surface area contributed by atoms with Crippen molar-refractivity contribution in [3.8, 4) is 0 Å². The Morgan fingerprint density at radius 2 is 2.12 bits per heavy atom. The van der Waals surface area contributed by atoms with Crippen molar-refractivity contribution < 1.29 is 4.79 Å². The molecule has 3 N–H and O–H groups in total. The number of nitrogens with zero attached hydrogens (tertiary/aromatic N) is 2. The van der Waals surface area contributed by atoms with E-state index in [0.717, 1.165) is 11.4 Å². The van der Waals surface area contributed by atoms with Crippen molar-refractivity contribution in [1.82, 2.24) is 15.0 Å². The first kappa shape index (κ1) is 11.3. The number of benzene rings is 1. The van der Waals surface area contributed by atoms with E-state index in [-0.39, 0.29) is 5.91 Å². The topological polar surface area (TPSA) is 72.9 Å². The minimum absolute atomic E-state index is 0.266. The van der Waals surface area contributed by atoms with Crippen LogP contribution in [0.4, 0.5) is 0 Å². The van der Waals surface area contributed by atoms with Gasteiger partial charge < -0.3 is 4.57 Å². The maximum absolute atomic E-state index is 11.9. The molecule has 0 aliphatic heterocycles. The number of rotatable bonds is 3. The van der Waals surface area contributed by atoms with Gasteiger partial charge in [-0.1, -0.05) is 30.3 Å². The Morgan fingerprint density at radius 1 is 1.41 bits per heavy atom. The zero-order chi connectivity index (χ0) is 12.3. The predicted octanol–water partition coefficient (Wildman–Crippen LogP) is 0.771. The van der Waals surface area contributed by atoms with Crippen molar-refractivity contribution in [3.63, 3.8) is 0 Å². The number of carbonyl (C=O) groups is 1. The molecule has 17 heavy (non-hydrogen) atoms. The average Bonchev–Trinajstić information content (AvgIpc) is 2.77. The molecule has 0 saturated carbocycles. The molecule has 1 aromatic heterocycles. The lowest BCUT2D eigenvalue weighted by molar-refractivity contribution is -0.123. The van der Waals surface area contributed by atoms with Gasteiger partial charge in [-0.3, -0.25) is 10.2 Å². The fraction of sp³-hybridized carbons (Fsp3) is 0.167. The summed E-state index contributed by atoms with van der Waals surface area (Å²) in [5.74, 6) is 5.73. The number of nitrogens with two attached hydrogens (primary N) is 1. The Morgan fingerprint density at radius 3 is 2.65 bits per heavy atom. The molecule has 88 valence electrons. The first-order valence-corrected chi connectivity index (χ1v) is 5.29. The summed E-state index contributed by atoms with van der Waals surface area (Å²) in [6.07, 6.45) is 3.43. The van der Waals surface area contributed by atoms with Crippen LogP contribution in [-0.4, -0.2) is 15.5 Å². The smallest absolute Gasteiger partial charge is 0.261 e. The van der Waals surface area contributed by atoms with Gasteiger partial charge in [0, 0.05) is 12.4 Å². The van der Waals surface area contributed by atoms with Crippen LogP contribution in [0.15, 0.2) is 42.7 Å². The quantitative estimate of drug-likeness (QED) is 0.464. The van der Waals surface area contributed by atoms with Crippen LogP contribution in [0.2, 0.25) is 0 Å². The molecule has 2 rings (SSSR count). The Balaban J connectivity index is 2.47. The van der Waals surface area contributed by atoms with Gasteiger partial charge in [0.05, 0.1) is 0 Å². The third-order valence-electron chi connectivity index (χ3n) is 2.65. The molecule has 0 aliphatic carbocycles. The standard InChI is InChI=1S/C12H14N4O/c1-9-14-7-8-16(9)11(12(17)15-13)10-5-3-2-4-6-10/h2-8,11H,13H2,1H3,(H,15,17). The van der Waals surface area contributed by atoms with Gasteiger partial charge in [0.25, 0.3) is 5.91 Å². The van der Waals surface area contributed by atoms with Crippen molar-refractivity contribution in [2.45, 2.75) is 13.0 Å². The summed E-state index contributed by atoms with van der Waals surface area (Å²) in [5, 5.41) is 0. The van der Waals surface area contributed by atoms with Crippen LogP contribution in [0.5, 0.6) is 0 Å². The summed E-state index contributed by atoms with van der Waals surface area (Å²) in [6.45, 7) is 1.85. The van der Waals surface area contributed by atoms with Gasteiger partial charge in [0.2, 0.25) is 0 Å². The number of hydrazine groups is 1. The predicted molar refractivity (Wildman–Crippen MR) is 63.9 cm³/mol. The Labute approximate surface area is 99.2 Å². The van der Waals surface area contributed by atoms with E-state index in [9.17, 15) is 4.79 Å². The van der Waals surface area contributed by atoms with E-state index in [1.165, 1.54) is 0 Å². The van der Waals surface area contributed by atoms with Crippen molar-refractivity contribution in [2.24, 2.45) is 5.84 Å². The van der Waals surface area contributed by atoms with Crippen LogP contribution in [0.3, 0.4) is 0 Å². The van der Waals surface area contributed by atoms with Crippen LogP contribution in [0.1, 0.15) is 17.4 Å². The third-order valence-corrected chi connectivity index (χ3v) is 2.65. The number of amides is 1. The number of nitrogens with one attached hydrogen (secondary N) is 1. The van der Waals surface area contributed by atoms with E-state index in [1.807, 2.05) is 37.3 Å². The summed E-state index contributed by atoms with van der Waals surface area (Å²) in [7, 11) is 0.